The average Bonchev–Trinajstić information content (AvgIpc) is 3.15. The van der Waals surface area contributed by atoms with Gasteiger partial charge in [-0.25, -0.2) is 4.79 Å². The molecule has 3 rings (SSSR count). The first-order valence-electron chi connectivity index (χ1n) is 7.95. The van der Waals surface area contributed by atoms with Gasteiger partial charge in [-0.1, -0.05) is 24.3 Å². The Morgan fingerprint density at radius 2 is 2.26 bits per heavy atom. The quantitative estimate of drug-likeness (QED) is 0.890. The van der Waals surface area contributed by atoms with Gasteiger partial charge >= 0.3 is 6.03 Å². The van der Waals surface area contributed by atoms with Crippen molar-refractivity contribution in [1.29, 1.82) is 0 Å². The SMILES string of the molecule is Cn1ccc(NC(=O)N(CCCO)[C@H]2CCc3ccccc32)n1. The molecule has 2 amide bonds. The molecule has 2 N–H and O–H groups in total. The second-order valence-electron chi connectivity index (χ2n) is 5.83. The summed E-state index contributed by atoms with van der Waals surface area (Å²) in [6, 6.07) is 9.92. The third-order valence-electron chi connectivity index (χ3n) is 4.24. The molecule has 0 saturated heterocycles. The number of nitrogens with one attached hydrogen (secondary N) is 1. The van der Waals surface area contributed by atoms with Crippen LogP contribution in [-0.4, -0.2) is 39.0 Å². The lowest BCUT2D eigenvalue weighted by Crippen LogP contribution is -2.38. The van der Waals surface area contributed by atoms with Gasteiger partial charge in [-0.05, 0) is 30.4 Å². The number of nitrogens with zero attached hydrogens (tertiary/aromatic N) is 3. The van der Waals surface area contributed by atoms with E-state index in [9.17, 15) is 4.79 Å². The van der Waals surface area contributed by atoms with Crippen molar-refractivity contribution < 1.29 is 9.90 Å². The Balaban J connectivity index is 1.79. The van der Waals surface area contributed by atoms with Gasteiger partial charge < -0.3 is 10.0 Å². The molecule has 0 bridgehead atoms. The van der Waals surface area contributed by atoms with Gasteiger partial charge in [0.15, 0.2) is 5.82 Å². The van der Waals surface area contributed by atoms with Crippen molar-refractivity contribution in [2.45, 2.75) is 25.3 Å². The highest BCUT2D eigenvalue weighted by Crippen LogP contribution is 2.35. The Labute approximate surface area is 135 Å². The number of benzene rings is 1. The lowest BCUT2D eigenvalue weighted by Gasteiger charge is -2.29. The Bertz CT molecular complexity index is 683. The van der Waals surface area contributed by atoms with E-state index < -0.39 is 0 Å². The number of aliphatic hydroxyl groups is 1. The first-order valence-corrected chi connectivity index (χ1v) is 7.95. The van der Waals surface area contributed by atoms with Gasteiger partial charge in [0.2, 0.25) is 0 Å². The summed E-state index contributed by atoms with van der Waals surface area (Å²) in [7, 11) is 1.81. The predicted molar refractivity (Wildman–Crippen MR) is 88.1 cm³/mol. The molecule has 1 heterocycles. The minimum absolute atomic E-state index is 0.0569. The van der Waals surface area contributed by atoms with Gasteiger partial charge in [-0.15, -0.1) is 0 Å². The zero-order chi connectivity index (χ0) is 16.2. The van der Waals surface area contributed by atoms with Crippen LogP contribution in [0.5, 0.6) is 0 Å². The normalized spacial score (nSPS) is 16.2. The van der Waals surface area contributed by atoms with E-state index in [0.717, 1.165) is 12.8 Å². The van der Waals surface area contributed by atoms with E-state index in [1.807, 2.05) is 24.1 Å². The van der Waals surface area contributed by atoms with Crippen LogP contribution >= 0.6 is 0 Å². The van der Waals surface area contributed by atoms with E-state index >= 15 is 0 Å². The highest BCUT2D eigenvalue weighted by molar-refractivity contribution is 5.88. The topological polar surface area (TPSA) is 70.4 Å². The van der Waals surface area contributed by atoms with Gasteiger partial charge in [0.25, 0.3) is 0 Å². The number of aryl methyl sites for hydroxylation is 2. The number of fused-ring (bicyclic) bond motifs is 1. The van der Waals surface area contributed by atoms with Gasteiger partial charge in [-0.3, -0.25) is 10.00 Å². The standard InChI is InChI=1S/C17H22N4O2/c1-20-11-9-16(19-20)18-17(23)21(10-4-12-22)15-8-7-13-5-2-3-6-14(13)15/h2-3,5-6,9,11,15,22H,4,7-8,10,12H2,1H3,(H,18,19,23)/t15-/m0/s1. The fraction of sp³-hybridized carbons (Fsp3) is 0.412. The number of urea groups is 1. The Kier molecular flexibility index (Phi) is 4.62. The number of aromatic nitrogens is 2. The Hall–Kier alpha value is -2.34. The number of hydrogen-bond donors (Lipinski definition) is 2. The summed E-state index contributed by atoms with van der Waals surface area (Å²) < 4.78 is 1.65. The molecular formula is C17H22N4O2. The van der Waals surface area contributed by atoms with Crippen LogP contribution in [0.25, 0.3) is 0 Å². The van der Waals surface area contributed by atoms with Crippen LogP contribution in [0, 0.1) is 0 Å². The Morgan fingerprint density at radius 1 is 1.43 bits per heavy atom. The second-order valence-corrected chi connectivity index (χ2v) is 5.83. The first kappa shape index (κ1) is 15.6. The number of carbonyl (C=O) groups excluding carboxylic acids is 1. The molecule has 1 aliphatic carbocycles. The number of carbonyl (C=O) groups is 1. The van der Waals surface area contributed by atoms with Crippen LogP contribution in [0.2, 0.25) is 0 Å². The van der Waals surface area contributed by atoms with Gasteiger partial charge in [0.05, 0.1) is 6.04 Å². The summed E-state index contributed by atoms with van der Waals surface area (Å²) >= 11 is 0. The maximum Gasteiger partial charge on any atom is 0.323 e. The number of aliphatic hydroxyl groups excluding tert-OH is 1. The predicted octanol–water partition coefficient (Wildman–Crippen LogP) is 2.32. The number of hydrogen-bond acceptors (Lipinski definition) is 3. The summed E-state index contributed by atoms with van der Waals surface area (Å²) in [6.07, 6.45) is 4.25. The van der Waals surface area contributed by atoms with Crippen molar-refractivity contribution in [3.63, 3.8) is 0 Å². The summed E-state index contributed by atoms with van der Waals surface area (Å²) in [5.74, 6) is 0.540. The summed E-state index contributed by atoms with van der Waals surface area (Å²) in [6.45, 7) is 0.593. The monoisotopic (exact) mass is 314 g/mol. The van der Waals surface area contributed by atoms with Crippen LogP contribution in [0.3, 0.4) is 0 Å². The number of amides is 2. The van der Waals surface area contributed by atoms with Crippen molar-refractivity contribution in [3.8, 4) is 0 Å². The zero-order valence-corrected chi connectivity index (χ0v) is 13.3. The van der Waals surface area contributed by atoms with Gasteiger partial charge in [-0.2, -0.15) is 5.10 Å². The fourth-order valence-corrected chi connectivity index (χ4v) is 3.16. The molecule has 0 aliphatic heterocycles. The van der Waals surface area contributed by atoms with Crippen LogP contribution in [0.15, 0.2) is 36.5 Å². The molecule has 6 heteroatoms. The summed E-state index contributed by atoms with van der Waals surface area (Å²) in [5.41, 5.74) is 2.51. The molecule has 122 valence electrons. The van der Waals surface area contributed by atoms with Crippen molar-refractivity contribution in [2.75, 3.05) is 18.5 Å². The molecule has 0 spiro atoms. The van der Waals surface area contributed by atoms with Crippen LogP contribution in [0.1, 0.15) is 30.0 Å². The smallest absolute Gasteiger partial charge is 0.323 e. The van der Waals surface area contributed by atoms with Gasteiger partial charge in [0, 0.05) is 32.5 Å². The van der Waals surface area contributed by atoms with E-state index in [-0.39, 0.29) is 18.7 Å². The first-order chi connectivity index (χ1) is 11.2. The van der Waals surface area contributed by atoms with Crippen molar-refractivity contribution in [3.05, 3.63) is 47.7 Å². The molecule has 23 heavy (non-hydrogen) atoms. The van der Waals surface area contributed by atoms with Crippen LogP contribution in [0.4, 0.5) is 10.6 Å². The fourth-order valence-electron chi connectivity index (χ4n) is 3.16. The molecule has 0 saturated carbocycles. The van der Waals surface area contributed by atoms with E-state index in [2.05, 4.69) is 22.5 Å². The molecule has 1 aromatic carbocycles. The zero-order valence-electron chi connectivity index (χ0n) is 13.3. The maximum absolute atomic E-state index is 12.7. The lowest BCUT2D eigenvalue weighted by molar-refractivity contribution is 0.177. The van der Waals surface area contributed by atoms with Crippen LogP contribution in [-0.2, 0) is 13.5 Å². The molecule has 2 aromatic rings. The van der Waals surface area contributed by atoms with E-state index in [1.165, 1.54) is 11.1 Å². The Morgan fingerprint density at radius 3 is 3.00 bits per heavy atom. The summed E-state index contributed by atoms with van der Waals surface area (Å²) in [4.78, 5) is 14.5. The molecule has 1 atom stereocenters. The highest BCUT2D eigenvalue weighted by Gasteiger charge is 2.30. The molecule has 0 unspecified atom stereocenters. The molecular weight excluding hydrogens is 292 g/mol. The molecule has 1 aromatic heterocycles. The lowest BCUT2D eigenvalue weighted by atomic mass is 10.1. The number of anilines is 1. The molecule has 0 radical (unpaired) electrons. The third-order valence-corrected chi connectivity index (χ3v) is 4.24. The highest BCUT2D eigenvalue weighted by atomic mass is 16.3. The third kappa shape index (κ3) is 3.37. The van der Waals surface area contributed by atoms with Crippen molar-refractivity contribution in [2.24, 2.45) is 7.05 Å². The van der Waals surface area contributed by atoms with E-state index in [1.54, 1.807) is 16.9 Å². The van der Waals surface area contributed by atoms with Gasteiger partial charge in [0.1, 0.15) is 0 Å². The van der Waals surface area contributed by atoms with Crippen molar-refractivity contribution >= 4 is 11.8 Å². The molecule has 1 aliphatic rings. The van der Waals surface area contributed by atoms with E-state index in [0.29, 0.717) is 18.8 Å². The largest absolute Gasteiger partial charge is 0.396 e. The molecule has 0 fully saturated rings. The second kappa shape index (κ2) is 6.83. The summed E-state index contributed by atoms with van der Waals surface area (Å²) in [5, 5.41) is 16.2. The molecule has 6 nitrogen and oxygen atoms in total. The minimum atomic E-state index is -0.168. The number of rotatable bonds is 5. The maximum atomic E-state index is 12.7. The van der Waals surface area contributed by atoms with Crippen LogP contribution < -0.4 is 5.32 Å². The van der Waals surface area contributed by atoms with Crippen molar-refractivity contribution in [1.82, 2.24) is 14.7 Å². The minimum Gasteiger partial charge on any atom is -0.396 e. The average molecular weight is 314 g/mol. The van der Waals surface area contributed by atoms with E-state index in [4.69, 9.17) is 5.11 Å².